The quantitative estimate of drug-likeness (QED) is 0.536. The molecule has 0 bridgehead atoms. The third kappa shape index (κ3) is 4.95. The third-order valence-electron chi connectivity index (χ3n) is 3.85. The first kappa shape index (κ1) is 21.7. The predicted molar refractivity (Wildman–Crippen MR) is 118 cm³/mol. The Morgan fingerprint density at radius 2 is 1.97 bits per heavy atom. The van der Waals surface area contributed by atoms with Crippen LogP contribution < -0.4 is 10.1 Å². The average molecular weight is 516 g/mol. The molecule has 0 saturated carbocycles. The third-order valence-corrected chi connectivity index (χ3v) is 5.95. The van der Waals surface area contributed by atoms with Gasteiger partial charge in [-0.05, 0) is 63.6 Å². The van der Waals surface area contributed by atoms with Gasteiger partial charge in [-0.1, -0.05) is 35.3 Å². The van der Waals surface area contributed by atoms with Crippen molar-refractivity contribution in [1.82, 2.24) is 4.90 Å². The lowest BCUT2D eigenvalue weighted by Crippen LogP contribution is -2.36. The molecule has 6 nitrogen and oxygen atoms in total. The van der Waals surface area contributed by atoms with E-state index < -0.39 is 23.6 Å². The van der Waals surface area contributed by atoms with Crippen LogP contribution in [0.2, 0.25) is 10.0 Å². The first-order valence-electron chi connectivity index (χ1n) is 8.13. The minimum atomic E-state index is -0.558. The van der Waals surface area contributed by atoms with Crippen molar-refractivity contribution in [3.63, 3.8) is 0 Å². The maximum absolute atomic E-state index is 12.6. The predicted octanol–water partition coefficient (Wildman–Crippen LogP) is 5.44. The normalized spacial score (nSPS) is 15.2. The first-order chi connectivity index (χ1) is 13.8. The van der Waals surface area contributed by atoms with Gasteiger partial charge in [-0.3, -0.25) is 19.3 Å². The van der Waals surface area contributed by atoms with Crippen molar-refractivity contribution in [1.29, 1.82) is 0 Å². The number of rotatable bonds is 5. The molecular weight excluding hydrogens is 503 g/mol. The molecule has 1 saturated heterocycles. The molecule has 2 aromatic rings. The molecule has 2 aromatic carbocycles. The highest BCUT2D eigenvalue weighted by atomic mass is 79.9. The number of carbonyl (C=O) groups is 3. The maximum Gasteiger partial charge on any atom is 0.294 e. The smallest absolute Gasteiger partial charge is 0.294 e. The van der Waals surface area contributed by atoms with Crippen LogP contribution in [0.1, 0.15) is 5.56 Å². The lowest BCUT2D eigenvalue weighted by molar-refractivity contribution is -0.127. The van der Waals surface area contributed by atoms with Crippen LogP contribution in [0, 0.1) is 0 Å². The number of hydrogen-bond acceptors (Lipinski definition) is 5. The van der Waals surface area contributed by atoms with Crippen molar-refractivity contribution in [2.75, 3.05) is 19.0 Å². The molecule has 1 aliphatic heterocycles. The van der Waals surface area contributed by atoms with Crippen molar-refractivity contribution in [2.24, 2.45) is 0 Å². The van der Waals surface area contributed by atoms with Crippen LogP contribution in [0.15, 0.2) is 45.8 Å². The second-order valence-electron chi connectivity index (χ2n) is 5.81. The van der Waals surface area contributed by atoms with E-state index in [0.29, 0.717) is 31.5 Å². The standard InChI is InChI=1S/C19H13BrCl2N2O4S/c1-28-17-11(20)6-10(7-13(17)22)8-15-18(26)24(19(27)29-15)9-16(25)23-14-5-3-2-4-12(14)21/h2-8H,9H2,1H3,(H,23,25)/b15-8+. The number of nitrogens with one attached hydrogen (secondary N) is 1. The molecular formula is C19H13BrCl2N2O4S. The average Bonchev–Trinajstić information content (AvgIpc) is 2.91. The zero-order chi connectivity index (χ0) is 21.1. The number of nitrogens with zero attached hydrogens (tertiary/aromatic N) is 1. The second kappa shape index (κ2) is 9.21. The molecule has 0 spiro atoms. The van der Waals surface area contributed by atoms with E-state index in [9.17, 15) is 14.4 Å². The van der Waals surface area contributed by atoms with Crippen molar-refractivity contribution in [3.8, 4) is 5.75 Å². The zero-order valence-corrected chi connectivity index (χ0v) is 18.8. The molecule has 10 heteroatoms. The van der Waals surface area contributed by atoms with Crippen LogP contribution in [-0.4, -0.2) is 35.6 Å². The molecule has 1 fully saturated rings. The van der Waals surface area contributed by atoms with Gasteiger partial charge in [0, 0.05) is 0 Å². The number of ether oxygens (including phenoxy) is 1. The van der Waals surface area contributed by atoms with Gasteiger partial charge in [0.1, 0.15) is 6.54 Å². The van der Waals surface area contributed by atoms with E-state index in [1.807, 2.05) is 0 Å². The van der Waals surface area contributed by atoms with E-state index >= 15 is 0 Å². The highest BCUT2D eigenvalue weighted by Gasteiger charge is 2.36. The first-order valence-corrected chi connectivity index (χ1v) is 10.5. The number of thioether (sulfide) groups is 1. The lowest BCUT2D eigenvalue weighted by Gasteiger charge is -2.13. The SMILES string of the molecule is COc1c(Cl)cc(/C=C2/SC(=O)N(CC(=O)Nc3ccccc3Cl)C2=O)cc1Br. The fraction of sp³-hybridized carbons (Fsp3) is 0.105. The Kier molecular flexibility index (Phi) is 6.89. The molecule has 1 aliphatic rings. The van der Waals surface area contributed by atoms with Crippen LogP contribution in [0.3, 0.4) is 0 Å². The molecule has 0 unspecified atom stereocenters. The van der Waals surface area contributed by atoms with E-state index in [1.54, 1.807) is 36.4 Å². The van der Waals surface area contributed by atoms with Gasteiger partial charge in [0.05, 0.1) is 32.2 Å². The summed E-state index contributed by atoms with van der Waals surface area (Å²) in [4.78, 5) is 38.2. The summed E-state index contributed by atoms with van der Waals surface area (Å²) in [5.74, 6) is -0.623. The molecule has 0 atom stereocenters. The van der Waals surface area contributed by atoms with Gasteiger partial charge in [-0.15, -0.1) is 0 Å². The Morgan fingerprint density at radius 1 is 1.24 bits per heavy atom. The molecule has 0 aliphatic carbocycles. The maximum atomic E-state index is 12.6. The number of benzene rings is 2. The fourth-order valence-electron chi connectivity index (χ4n) is 2.54. The Hall–Kier alpha value is -2.00. The molecule has 0 radical (unpaired) electrons. The van der Waals surface area contributed by atoms with E-state index in [-0.39, 0.29) is 4.91 Å². The Morgan fingerprint density at radius 3 is 2.62 bits per heavy atom. The van der Waals surface area contributed by atoms with Gasteiger partial charge >= 0.3 is 0 Å². The minimum Gasteiger partial charge on any atom is -0.494 e. The second-order valence-corrected chi connectivity index (χ2v) is 8.48. The van der Waals surface area contributed by atoms with E-state index in [0.717, 1.165) is 16.7 Å². The Balaban J connectivity index is 1.75. The highest BCUT2D eigenvalue weighted by molar-refractivity contribution is 9.10. The van der Waals surface area contributed by atoms with Crippen molar-refractivity contribution < 1.29 is 19.1 Å². The highest BCUT2D eigenvalue weighted by Crippen LogP contribution is 2.37. The minimum absolute atomic E-state index is 0.189. The fourth-order valence-corrected chi connectivity index (χ4v) is 4.62. The summed E-state index contributed by atoms with van der Waals surface area (Å²) in [7, 11) is 1.49. The number of halogens is 3. The summed E-state index contributed by atoms with van der Waals surface area (Å²) in [6.45, 7) is -0.416. The van der Waals surface area contributed by atoms with Gasteiger partial charge in [0.25, 0.3) is 11.1 Å². The molecule has 1 N–H and O–H groups in total. The summed E-state index contributed by atoms with van der Waals surface area (Å²) in [5.41, 5.74) is 1.01. The summed E-state index contributed by atoms with van der Waals surface area (Å²) >= 11 is 16.3. The monoisotopic (exact) mass is 514 g/mol. The largest absolute Gasteiger partial charge is 0.494 e. The van der Waals surface area contributed by atoms with Crippen molar-refractivity contribution >= 4 is 79.7 Å². The van der Waals surface area contributed by atoms with E-state index in [2.05, 4.69) is 21.2 Å². The van der Waals surface area contributed by atoms with Crippen LogP contribution in [-0.2, 0) is 9.59 Å². The van der Waals surface area contributed by atoms with Crippen LogP contribution in [0.5, 0.6) is 5.75 Å². The number of carbonyl (C=O) groups excluding carboxylic acids is 3. The number of amides is 3. The van der Waals surface area contributed by atoms with Gasteiger partial charge in [-0.25, -0.2) is 0 Å². The zero-order valence-electron chi connectivity index (χ0n) is 14.9. The van der Waals surface area contributed by atoms with Gasteiger partial charge in [-0.2, -0.15) is 0 Å². The van der Waals surface area contributed by atoms with E-state index in [4.69, 9.17) is 27.9 Å². The molecule has 0 aromatic heterocycles. The number of hydrogen-bond donors (Lipinski definition) is 1. The van der Waals surface area contributed by atoms with Crippen molar-refractivity contribution in [2.45, 2.75) is 0 Å². The molecule has 3 amide bonds. The van der Waals surface area contributed by atoms with Crippen molar-refractivity contribution in [3.05, 3.63) is 61.4 Å². The number of methoxy groups -OCH3 is 1. The van der Waals surface area contributed by atoms with Crippen LogP contribution >= 0.6 is 50.9 Å². The number of para-hydroxylation sites is 1. The molecule has 3 rings (SSSR count). The van der Waals surface area contributed by atoms with Crippen LogP contribution in [0.4, 0.5) is 10.5 Å². The summed E-state index contributed by atoms with van der Waals surface area (Å²) < 4.78 is 5.78. The summed E-state index contributed by atoms with van der Waals surface area (Å²) in [6, 6.07) is 10.0. The van der Waals surface area contributed by atoms with Crippen LogP contribution in [0.25, 0.3) is 6.08 Å². The summed E-state index contributed by atoms with van der Waals surface area (Å²) in [5, 5.41) is 2.77. The number of anilines is 1. The lowest BCUT2D eigenvalue weighted by atomic mass is 10.2. The number of imide groups is 1. The molecule has 29 heavy (non-hydrogen) atoms. The Labute approximate surface area is 189 Å². The topological polar surface area (TPSA) is 75.7 Å². The van der Waals surface area contributed by atoms with Gasteiger partial charge in [0.2, 0.25) is 5.91 Å². The van der Waals surface area contributed by atoms with Gasteiger partial charge < -0.3 is 10.1 Å². The summed E-state index contributed by atoms with van der Waals surface area (Å²) in [6.07, 6.45) is 1.53. The molecule has 1 heterocycles. The van der Waals surface area contributed by atoms with E-state index in [1.165, 1.54) is 13.2 Å². The molecule has 150 valence electrons. The van der Waals surface area contributed by atoms with Gasteiger partial charge in [0.15, 0.2) is 5.75 Å². The Bertz CT molecular complexity index is 1020.